The number of hydrogen-bond donors (Lipinski definition) is 3. The van der Waals surface area contributed by atoms with Gasteiger partial charge in [-0.3, -0.25) is 9.69 Å². The van der Waals surface area contributed by atoms with E-state index in [1.165, 1.54) is 41.5 Å². The minimum absolute atomic E-state index is 0.0670. The maximum absolute atomic E-state index is 13.0. The fraction of sp³-hybridized carbons (Fsp3) is 0.353. The van der Waals surface area contributed by atoms with Gasteiger partial charge in [-0.15, -0.1) is 0 Å². The third-order valence-electron chi connectivity index (χ3n) is 3.92. The molecule has 0 unspecified atom stereocenters. The number of alkyl halides is 3. The van der Waals surface area contributed by atoms with E-state index in [2.05, 4.69) is 5.32 Å². The lowest BCUT2D eigenvalue weighted by molar-refractivity contribution is -0.138. The summed E-state index contributed by atoms with van der Waals surface area (Å²) in [6.07, 6.45) is -4.22. The summed E-state index contributed by atoms with van der Waals surface area (Å²) in [6, 6.07) is 7.01. The lowest BCUT2D eigenvalue weighted by Crippen LogP contribution is -2.50. The van der Waals surface area contributed by atoms with E-state index in [4.69, 9.17) is 0 Å². The summed E-state index contributed by atoms with van der Waals surface area (Å²) in [5.41, 5.74) is 0.182. The number of carbonyl (C=O) groups is 1. The summed E-state index contributed by atoms with van der Waals surface area (Å²) in [5, 5.41) is 25.1. The van der Waals surface area contributed by atoms with Gasteiger partial charge in [0.25, 0.3) is 0 Å². The van der Waals surface area contributed by atoms with Crippen LogP contribution in [0.2, 0.25) is 0 Å². The van der Waals surface area contributed by atoms with Crippen molar-refractivity contribution in [3.05, 3.63) is 57.8 Å². The van der Waals surface area contributed by atoms with Gasteiger partial charge in [-0.2, -0.15) is 24.5 Å². The molecule has 0 aliphatic carbocycles. The molecule has 1 aromatic carbocycles. The van der Waals surface area contributed by atoms with Crippen molar-refractivity contribution in [2.75, 3.05) is 13.6 Å². The van der Waals surface area contributed by atoms with Crippen LogP contribution in [0, 0.1) is 0 Å². The summed E-state index contributed by atoms with van der Waals surface area (Å²) in [7, 11) is -0.221. The second-order valence-corrected chi connectivity index (χ2v) is 7.03. The average molecular weight is 400 g/mol. The van der Waals surface area contributed by atoms with Gasteiger partial charge >= 0.3 is 13.3 Å². The van der Waals surface area contributed by atoms with Crippen LogP contribution in [-0.4, -0.2) is 47.5 Å². The van der Waals surface area contributed by atoms with E-state index in [0.29, 0.717) is 0 Å². The zero-order chi connectivity index (χ0) is 20.0. The van der Waals surface area contributed by atoms with Crippen LogP contribution in [0.1, 0.15) is 16.7 Å². The molecule has 0 saturated heterocycles. The van der Waals surface area contributed by atoms with Gasteiger partial charge in [0.15, 0.2) is 0 Å². The average Bonchev–Trinajstić information content (AvgIpc) is 3.06. The molecule has 1 atom stereocenters. The molecule has 0 radical (unpaired) electrons. The molecule has 0 saturated carbocycles. The predicted molar refractivity (Wildman–Crippen MR) is 97.9 cm³/mol. The number of benzene rings is 1. The zero-order valence-electron chi connectivity index (χ0n) is 14.6. The molecule has 3 N–H and O–H groups in total. The number of rotatable bonds is 8. The Morgan fingerprint density at radius 2 is 2.00 bits per heavy atom. The van der Waals surface area contributed by atoms with Crippen molar-refractivity contribution in [3.8, 4) is 0 Å². The monoisotopic (exact) mass is 400 g/mol. The van der Waals surface area contributed by atoms with Gasteiger partial charge in [0.1, 0.15) is 0 Å². The molecule has 0 fully saturated rings. The standard InChI is InChI=1S/C17H20BF3N2O3S/c1-23(9-13-4-2-3-5-14(13)17(19,20)21)10-16(24)22-15(18(25)26)8-12-6-7-27-11-12/h2-7,11,15,25-26H,8-10H2,1H3,(H,22,24)/t15-/m0/s1. The lowest BCUT2D eigenvalue weighted by Gasteiger charge is -2.22. The van der Waals surface area contributed by atoms with Crippen molar-refractivity contribution in [2.24, 2.45) is 0 Å². The quantitative estimate of drug-likeness (QED) is 0.593. The second-order valence-electron chi connectivity index (χ2n) is 6.25. The van der Waals surface area contributed by atoms with Gasteiger partial charge < -0.3 is 15.4 Å². The first-order valence-corrected chi connectivity index (χ1v) is 9.11. The van der Waals surface area contributed by atoms with Crippen molar-refractivity contribution in [1.82, 2.24) is 10.2 Å². The number of nitrogens with zero attached hydrogens (tertiary/aromatic N) is 1. The Hall–Kier alpha value is -1.88. The van der Waals surface area contributed by atoms with Crippen LogP contribution in [-0.2, 0) is 23.9 Å². The third-order valence-corrected chi connectivity index (χ3v) is 4.65. The highest BCUT2D eigenvalue weighted by molar-refractivity contribution is 7.07. The van der Waals surface area contributed by atoms with E-state index >= 15 is 0 Å². The molecule has 27 heavy (non-hydrogen) atoms. The van der Waals surface area contributed by atoms with Crippen LogP contribution in [0.3, 0.4) is 0 Å². The van der Waals surface area contributed by atoms with Crippen LogP contribution >= 0.6 is 11.3 Å². The molecule has 0 aliphatic rings. The van der Waals surface area contributed by atoms with Gasteiger partial charge in [0.2, 0.25) is 5.91 Å². The number of hydrogen-bond acceptors (Lipinski definition) is 5. The maximum Gasteiger partial charge on any atom is 0.475 e. The molecule has 1 heterocycles. The van der Waals surface area contributed by atoms with E-state index in [9.17, 15) is 28.0 Å². The summed E-state index contributed by atoms with van der Waals surface area (Å²) in [4.78, 5) is 13.6. The zero-order valence-corrected chi connectivity index (χ0v) is 15.4. The molecular formula is C17H20BF3N2O3S. The van der Waals surface area contributed by atoms with Gasteiger partial charge in [-0.1, -0.05) is 18.2 Å². The van der Waals surface area contributed by atoms with Crippen molar-refractivity contribution < 1.29 is 28.0 Å². The first-order chi connectivity index (χ1) is 12.7. The SMILES string of the molecule is CN(CC(=O)N[C@@H](Cc1ccsc1)B(O)O)Cc1ccccc1C(F)(F)F. The second kappa shape index (κ2) is 9.36. The molecule has 1 aromatic heterocycles. The number of halogens is 3. The third kappa shape index (κ3) is 6.66. The van der Waals surface area contributed by atoms with E-state index in [0.717, 1.165) is 11.6 Å². The molecule has 10 heteroatoms. The number of likely N-dealkylation sites (N-methyl/N-ethyl adjacent to an activating group) is 1. The summed E-state index contributed by atoms with van der Waals surface area (Å²) < 4.78 is 39.1. The van der Waals surface area contributed by atoms with Crippen molar-refractivity contribution in [2.45, 2.75) is 25.1 Å². The van der Waals surface area contributed by atoms with Crippen molar-refractivity contribution >= 4 is 24.4 Å². The van der Waals surface area contributed by atoms with Crippen molar-refractivity contribution in [1.29, 1.82) is 0 Å². The summed E-state index contributed by atoms with van der Waals surface area (Å²) >= 11 is 1.45. The van der Waals surface area contributed by atoms with E-state index in [1.807, 2.05) is 16.8 Å². The Morgan fingerprint density at radius 1 is 1.30 bits per heavy atom. The molecule has 0 spiro atoms. The van der Waals surface area contributed by atoms with Gasteiger partial charge in [-0.05, 0) is 47.5 Å². The highest BCUT2D eigenvalue weighted by Gasteiger charge is 2.33. The first kappa shape index (κ1) is 21.4. The van der Waals surface area contributed by atoms with E-state index < -0.39 is 30.7 Å². The van der Waals surface area contributed by atoms with Gasteiger partial charge in [0, 0.05) is 6.54 Å². The normalized spacial score (nSPS) is 12.9. The van der Waals surface area contributed by atoms with Crippen LogP contribution < -0.4 is 5.32 Å². The molecule has 2 aromatic rings. The molecule has 1 amide bonds. The molecule has 5 nitrogen and oxygen atoms in total. The number of carbonyl (C=O) groups excluding carboxylic acids is 1. The minimum Gasteiger partial charge on any atom is -0.426 e. The smallest absolute Gasteiger partial charge is 0.426 e. The summed E-state index contributed by atoms with van der Waals surface area (Å²) in [6.45, 7) is -0.251. The first-order valence-electron chi connectivity index (χ1n) is 8.17. The van der Waals surface area contributed by atoms with Crippen LogP contribution in [0.5, 0.6) is 0 Å². The Bertz CT molecular complexity index is 741. The molecule has 2 rings (SSSR count). The van der Waals surface area contributed by atoms with Gasteiger partial charge in [-0.25, -0.2) is 0 Å². The molecular weight excluding hydrogens is 380 g/mol. The van der Waals surface area contributed by atoms with E-state index in [-0.39, 0.29) is 25.1 Å². The summed E-state index contributed by atoms with van der Waals surface area (Å²) in [5.74, 6) is -1.40. The van der Waals surface area contributed by atoms with Crippen molar-refractivity contribution in [3.63, 3.8) is 0 Å². The van der Waals surface area contributed by atoms with Crippen LogP contribution in [0.25, 0.3) is 0 Å². The molecule has 0 aliphatic heterocycles. The van der Waals surface area contributed by atoms with Gasteiger partial charge in [0.05, 0.1) is 18.0 Å². The highest BCUT2D eigenvalue weighted by Crippen LogP contribution is 2.32. The van der Waals surface area contributed by atoms with Crippen LogP contribution in [0.4, 0.5) is 13.2 Å². The Labute approximate surface area is 159 Å². The Morgan fingerprint density at radius 3 is 2.59 bits per heavy atom. The predicted octanol–water partition coefficient (Wildman–Crippen LogP) is 1.94. The number of amides is 1. The molecule has 0 bridgehead atoms. The highest BCUT2D eigenvalue weighted by atomic mass is 32.1. The fourth-order valence-corrected chi connectivity index (χ4v) is 3.35. The largest absolute Gasteiger partial charge is 0.475 e. The minimum atomic E-state index is -4.47. The Kier molecular flexibility index (Phi) is 7.43. The maximum atomic E-state index is 13.0. The number of nitrogens with one attached hydrogen (secondary N) is 1. The topological polar surface area (TPSA) is 72.8 Å². The van der Waals surface area contributed by atoms with E-state index in [1.54, 1.807) is 0 Å². The Balaban J connectivity index is 1.95. The fourth-order valence-electron chi connectivity index (χ4n) is 2.67. The van der Waals surface area contributed by atoms with Crippen LogP contribution in [0.15, 0.2) is 41.1 Å². The number of thiophene rings is 1. The lowest BCUT2D eigenvalue weighted by atomic mass is 9.76. The molecule has 146 valence electrons.